The number of nitrogens with one attached hydrogen (secondary N) is 1. The first-order valence-corrected chi connectivity index (χ1v) is 7.26. The van der Waals surface area contributed by atoms with Gasteiger partial charge in [0, 0.05) is 26.1 Å². The van der Waals surface area contributed by atoms with Gasteiger partial charge in [-0.3, -0.25) is 9.59 Å². The molecular weight excluding hydrogens is 287 g/mol. The van der Waals surface area contributed by atoms with Crippen LogP contribution in [0.25, 0.3) is 0 Å². The van der Waals surface area contributed by atoms with E-state index < -0.39 is 11.9 Å². The molecule has 1 unspecified atom stereocenters. The predicted octanol–water partition coefficient (Wildman–Crippen LogP) is 1.48. The van der Waals surface area contributed by atoms with Crippen molar-refractivity contribution in [3.05, 3.63) is 35.6 Å². The Labute approximate surface area is 130 Å². The van der Waals surface area contributed by atoms with Crippen LogP contribution in [0.3, 0.4) is 0 Å². The Balaban J connectivity index is 2.42. The molecule has 2 amide bonds. The van der Waals surface area contributed by atoms with Gasteiger partial charge in [0.1, 0.15) is 5.82 Å². The third kappa shape index (κ3) is 5.81. The second-order valence-corrected chi connectivity index (χ2v) is 5.54. The minimum absolute atomic E-state index is 0.0688. The molecule has 0 bridgehead atoms. The lowest BCUT2D eigenvalue weighted by molar-refractivity contribution is -0.132. The lowest BCUT2D eigenvalue weighted by Crippen LogP contribution is -2.37. The van der Waals surface area contributed by atoms with Crippen LogP contribution in [0.15, 0.2) is 24.3 Å². The van der Waals surface area contributed by atoms with Gasteiger partial charge in [-0.15, -0.1) is 0 Å². The number of hydrogen-bond acceptors (Lipinski definition) is 3. The Kier molecular flexibility index (Phi) is 6.98. The van der Waals surface area contributed by atoms with Crippen molar-refractivity contribution in [3.8, 4) is 0 Å². The van der Waals surface area contributed by atoms with E-state index in [1.807, 2.05) is 0 Å². The molecule has 0 aliphatic rings. The van der Waals surface area contributed by atoms with Crippen molar-refractivity contribution >= 4 is 11.8 Å². The smallest absolute Gasteiger partial charge is 0.225 e. The SMILES string of the molecule is CC(C)C(=O)NCCN(C)C(=O)CC(O)c1cccc(F)c1. The molecule has 22 heavy (non-hydrogen) atoms. The summed E-state index contributed by atoms with van der Waals surface area (Å²) in [5, 5.41) is 12.7. The van der Waals surface area contributed by atoms with E-state index in [2.05, 4.69) is 5.32 Å². The zero-order valence-corrected chi connectivity index (χ0v) is 13.2. The van der Waals surface area contributed by atoms with Gasteiger partial charge in [0.2, 0.25) is 11.8 Å². The number of rotatable bonds is 7. The molecule has 0 aliphatic carbocycles. The molecule has 0 fully saturated rings. The van der Waals surface area contributed by atoms with E-state index in [9.17, 15) is 19.1 Å². The highest BCUT2D eigenvalue weighted by atomic mass is 19.1. The number of benzene rings is 1. The van der Waals surface area contributed by atoms with Crippen LogP contribution in [0.4, 0.5) is 4.39 Å². The summed E-state index contributed by atoms with van der Waals surface area (Å²) in [6.45, 7) is 4.29. The van der Waals surface area contributed by atoms with Crippen molar-refractivity contribution in [2.24, 2.45) is 5.92 Å². The van der Waals surface area contributed by atoms with Crippen molar-refractivity contribution in [2.45, 2.75) is 26.4 Å². The molecule has 122 valence electrons. The summed E-state index contributed by atoms with van der Waals surface area (Å²) in [7, 11) is 1.60. The van der Waals surface area contributed by atoms with Crippen molar-refractivity contribution in [2.75, 3.05) is 20.1 Å². The number of halogens is 1. The minimum atomic E-state index is -1.05. The van der Waals surface area contributed by atoms with E-state index in [0.29, 0.717) is 18.7 Å². The topological polar surface area (TPSA) is 69.6 Å². The molecule has 0 spiro atoms. The molecular formula is C16H23FN2O3. The number of carbonyl (C=O) groups is 2. The quantitative estimate of drug-likeness (QED) is 0.801. The first-order valence-electron chi connectivity index (χ1n) is 7.26. The van der Waals surface area contributed by atoms with Crippen LogP contribution in [0.2, 0.25) is 0 Å². The average molecular weight is 310 g/mol. The molecule has 0 aliphatic heterocycles. The van der Waals surface area contributed by atoms with E-state index in [0.717, 1.165) is 0 Å². The summed E-state index contributed by atoms with van der Waals surface area (Å²) < 4.78 is 13.1. The average Bonchev–Trinajstić information content (AvgIpc) is 2.46. The highest BCUT2D eigenvalue weighted by Crippen LogP contribution is 2.18. The molecule has 6 heteroatoms. The van der Waals surface area contributed by atoms with Crippen LogP contribution in [0.1, 0.15) is 31.9 Å². The number of nitrogens with zero attached hydrogens (tertiary/aromatic N) is 1. The molecule has 1 aromatic rings. The van der Waals surface area contributed by atoms with Gasteiger partial charge in [-0.05, 0) is 17.7 Å². The van der Waals surface area contributed by atoms with Gasteiger partial charge < -0.3 is 15.3 Å². The molecule has 0 aromatic heterocycles. The van der Waals surface area contributed by atoms with Crippen LogP contribution in [0, 0.1) is 11.7 Å². The Morgan fingerprint density at radius 3 is 2.64 bits per heavy atom. The van der Waals surface area contributed by atoms with Crippen molar-refractivity contribution in [1.82, 2.24) is 10.2 Å². The molecule has 2 N–H and O–H groups in total. The van der Waals surface area contributed by atoms with Crippen LogP contribution in [-0.2, 0) is 9.59 Å². The first-order chi connectivity index (χ1) is 10.3. The zero-order valence-electron chi connectivity index (χ0n) is 13.2. The Hall–Kier alpha value is -1.95. The number of hydrogen-bond donors (Lipinski definition) is 2. The molecule has 1 rings (SSSR count). The molecule has 0 radical (unpaired) electrons. The number of aliphatic hydroxyl groups excluding tert-OH is 1. The van der Waals surface area contributed by atoms with Gasteiger partial charge >= 0.3 is 0 Å². The van der Waals surface area contributed by atoms with Gasteiger partial charge in [-0.2, -0.15) is 0 Å². The van der Waals surface area contributed by atoms with Gasteiger partial charge in [-0.25, -0.2) is 4.39 Å². The third-order valence-electron chi connectivity index (χ3n) is 3.30. The van der Waals surface area contributed by atoms with Crippen LogP contribution in [-0.4, -0.2) is 42.0 Å². The van der Waals surface area contributed by atoms with Gasteiger partial charge in [0.15, 0.2) is 0 Å². The van der Waals surface area contributed by atoms with E-state index in [1.54, 1.807) is 27.0 Å². The Morgan fingerprint density at radius 2 is 2.05 bits per heavy atom. The van der Waals surface area contributed by atoms with E-state index in [4.69, 9.17) is 0 Å². The Morgan fingerprint density at radius 1 is 1.36 bits per heavy atom. The monoisotopic (exact) mass is 310 g/mol. The molecule has 1 atom stereocenters. The molecule has 0 heterocycles. The summed E-state index contributed by atoms with van der Waals surface area (Å²) in [4.78, 5) is 24.8. The summed E-state index contributed by atoms with van der Waals surface area (Å²) >= 11 is 0. The number of amides is 2. The summed E-state index contributed by atoms with van der Waals surface area (Å²) in [5.74, 6) is -0.888. The minimum Gasteiger partial charge on any atom is -0.388 e. The highest BCUT2D eigenvalue weighted by Gasteiger charge is 2.17. The molecule has 0 saturated heterocycles. The van der Waals surface area contributed by atoms with Crippen LogP contribution >= 0.6 is 0 Å². The van der Waals surface area contributed by atoms with Crippen LogP contribution < -0.4 is 5.32 Å². The lowest BCUT2D eigenvalue weighted by Gasteiger charge is -2.20. The van der Waals surface area contributed by atoms with Gasteiger partial charge in [0.25, 0.3) is 0 Å². The predicted molar refractivity (Wildman–Crippen MR) is 81.5 cm³/mol. The second kappa shape index (κ2) is 8.48. The number of aliphatic hydroxyl groups is 1. The fourth-order valence-corrected chi connectivity index (χ4v) is 1.83. The van der Waals surface area contributed by atoms with Crippen molar-refractivity contribution < 1.29 is 19.1 Å². The molecule has 5 nitrogen and oxygen atoms in total. The third-order valence-corrected chi connectivity index (χ3v) is 3.30. The summed E-state index contributed by atoms with van der Waals surface area (Å²) in [5.41, 5.74) is 0.370. The zero-order chi connectivity index (χ0) is 16.7. The summed E-state index contributed by atoms with van der Waals surface area (Å²) in [6.07, 6.45) is -1.17. The van der Waals surface area contributed by atoms with Crippen molar-refractivity contribution in [1.29, 1.82) is 0 Å². The maximum absolute atomic E-state index is 13.1. The van der Waals surface area contributed by atoms with E-state index >= 15 is 0 Å². The molecule has 0 saturated carbocycles. The maximum atomic E-state index is 13.1. The second-order valence-electron chi connectivity index (χ2n) is 5.54. The van der Waals surface area contributed by atoms with Crippen LogP contribution in [0.5, 0.6) is 0 Å². The first kappa shape index (κ1) is 18.1. The number of carbonyl (C=O) groups excluding carboxylic acids is 2. The van der Waals surface area contributed by atoms with Gasteiger partial charge in [0.05, 0.1) is 12.5 Å². The molecule has 1 aromatic carbocycles. The van der Waals surface area contributed by atoms with E-state index in [1.165, 1.54) is 23.1 Å². The largest absolute Gasteiger partial charge is 0.388 e. The summed E-state index contributed by atoms with van der Waals surface area (Å²) in [6, 6.07) is 5.55. The van der Waals surface area contributed by atoms with Crippen molar-refractivity contribution in [3.63, 3.8) is 0 Å². The maximum Gasteiger partial charge on any atom is 0.225 e. The van der Waals surface area contributed by atoms with E-state index in [-0.39, 0.29) is 24.2 Å². The fraction of sp³-hybridized carbons (Fsp3) is 0.500. The standard InChI is InChI=1S/C16H23FN2O3/c1-11(2)16(22)18-7-8-19(3)15(21)10-14(20)12-5-4-6-13(17)9-12/h4-6,9,11,14,20H,7-8,10H2,1-3H3,(H,18,22). The fourth-order valence-electron chi connectivity index (χ4n) is 1.83. The highest BCUT2D eigenvalue weighted by molar-refractivity contribution is 5.78. The lowest BCUT2D eigenvalue weighted by atomic mass is 10.1. The van der Waals surface area contributed by atoms with Gasteiger partial charge in [-0.1, -0.05) is 26.0 Å². The number of likely N-dealkylation sites (N-methyl/N-ethyl adjacent to an activating group) is 1. The normalized spacial score (nSPS) is 12.1. The Bertz CT molecular complexity index is 520.